The normalized spacial score (nSPS) is 10.8. The Labute approximate surface area is 137 Å². The second-order valence-corrected chi connectivity index (χ2v) is 5.27. The molecule has 0 aliphatic rings. The van der Waals surface area contributed by atoms with Crippen molar-refractivity contribution in [1.82, 2.24) is 19.5 Å². The smallest absolute Gasteiger partial charge is 0.356 e. The molecule has 0 amide bonds. The summed E-state index contributed by atoms with van der Waals surface area (Å²) in [4.78, 5) is 23.9. The van der Waals surface area contributed by atoms with Crippen LogP contribution in [0.4, 0.5) is 4.39 Å². The van der Waals surface area contributed by atoms with Crippen molar-refractivity contribution in [3.8, 4) is 17.2 Å². The molecule has 2 aromatic heterocycles. The molecule has 0 aliphatic carbocycles. The van der Waals surface area contributed by atoms with E-state index in [0.717, 1.165) is 11.3 Å². The molecule has 0 unspecified atom stereocenters. The molecule has 1 N–H and O–H groups in total. The Morgan fingerprint density at radius 3 is 2.54 bits per heavy atom. The molecular weight excluding hydrogens is 311 g/mol. The number of nitrogens with zero attached hydrogens (tertiary/aromatic N) is 4. The third kappa shape index (κ3) is 2.88. The molecule has 24 heavy (non-hydrogen) atoms. The van der Waals surface area contributed by atoms with E-state index in [1.165, 1.54) is 24.7 Å². The zero-order valence-electron chi connectivity index (χ0n) is 13.2. The van der Waals surface area contributed by atoms with Gasteiger partial charge in [0.2, 0.25) is 0 Å². The summed E-state index contributed by atoms with van der Waals surface area (Å²) >= 11 is 0. The Bertz CT molecular complexity index is 903. The summed E-state index contributed by atoms with van der Waals surface area (Å²) in [6.07, 6.45) is 3.52. The number of rotatable bonds is 4. The van der Waals surface area contributed by atoms with E-state index in [1.54, 1.807) is 16.7 Å². The van der Waals surface area contributed by atoms with Gasteiger partial charge in [0, 0.05) is 23.0 Å². The Kier molecular flexibility index (Phi) is 4.07. The molecule has 0 saturated heterocycles. The third-order valence-electron chi connectivity index (χ3n) is 3.69. The highest BCUT2D eigenvalue weighted by molar-refractivity contribution is 5.85. The maximum atomic E-state index is 13.1. The lowest BCUT2D eigenvalue weighted by Crippen LogP contribution is -2.07. The maximum Gasteiger partial charge on any atom is 0.356 e. The number of imidazole rings is 1. The van der Waals surface area contributed by atoms with Crippen LogP contribution >= 0.6 is 0 Å². The summed E-state index contributed by atoms with van der Waals surface area (Å²) in [6.45, 7) is 3.84. The molecule has 0 fully saturated rings. The monoisotopic (exact) mass is 326 g/mol. The van der Waals surface area contributed by atoms with Crippen LogP contribution < -0.4 is 0 Å². The first-order valence-corrected chi connectivity index (χ1v) is 7.40. The first kappa shape index (κ1) is 15.8. The molecule has 3 aromatic rings. The molecule has 0 radical (unpaired) electrons. The van der Waals surface area contributed by atoms with Gasteiger partial charge in [-0.15, -0.1) is 0 Å². The van der Waals surface area contributed by atoms with Crippen LogP contribution in [0.15, 0.2) is 36.8 Å². The Hall–Kier alpha value is -3.09. The number of hydrogen-bond donors (Lipinski definition) is 1. The molecule has 6 nitrogen and oxygen atoms in total. The van der Waals surface area contributed by atoms with Crippen molar-refractivity contribution in [3.63, 3.8) is 0 Å². The van der Waals surface area contributed by atoms with Gasteiger partial charge in [0.1, 0.15) is 18.0 Å². The van der Waals surface area contributed by atoms with Gasteiger partial charge in [-0.3, -0.25) is 4.57 Å². The molecule has 122 valence electrons. The van der Waals surface area contributed by atoms with Gasteiger partial charge in [-0.05, 0) is 37.6 Å². The van der Waals surface area contributed by atoms with E-state index in [9.17, 15) is 9.18 Å². The lowest BCUT2D eigenvalue weighted by atomic mass is 10.1. The standard InChI is InChI=1S/C17H15FN4O2/c1-3-13-10(2)20-15(11-4-6-12(18)7-5-11)21-16(13)22-8-14(17(23)24)19-9-22/h4-9H,3H2,1-2H3,(H,23,24). The van der Waals surface area contributed by atoms with Crippen molar-refractivity contribution < 1.29 is 14.3 Å². The van der Waals surface area contributed by atoms with Crippen LogP contribution in [0, 0.1) is 12.7 Å². The topological polar surface area (TPSA) is 80.9 Å². The van der Waals surface area contributed by atoms with E-state index in [1.807, 2.05) is 13.8 Å². The van der Waals surface area contributed by atoms with E-state index in [4.69, 9.17) is 5.11 Å². The van der Waals surface area contributed by atoms with Gasteiger partial charge in [-0.2, -0.15) is 0 Å². The first-order chi connectivity index (χ1) is 11.5. The van der Waals surface area contributed by atoms with Crippen molar-refractivity contribution in [2.75, 3.05) is 0 Å². The van der Waals surface area contributed by atoms with E-state index in [2.05, 4.69) is 15.0 Å². The molecule has 2 heterocycles. The van der Waals surface area contributed by atoms with Gasteiger partial charge in [0.05, 0.1) is 0 Å². The molecular formula is C17H15FN4O2. The highest BCUT2D eigenvalue weighted by Crippen LogP contribution is 2.22. The van der Waals surface area contributed by atoms with Crippen LogP contribution in [-0.2, 0) is 6.42 Å². The minimum atomic E-state index is -1.10. The molecule has 0 atom stereocenters. The highest BCUT2D eigenvalue weighted by atomic mass is 19.1. The molecule has 0 spiro atoms. The van der Waals surface area contributed by atoms with Crippen LogP contribution in [0.2, 0.25) is 0 Å². The molecule has 1 aromatic carbocycles. The van der Waals surface area contributed by atoms with Gasteiger partial charge in [-0.1, -0.05) is 6.92 Å². The fourth-order valence-corrected chi connectivity index (χ4v) is 2.49. The largest absolute Gasteiger partial charge is 0.476 e. The average Bonchev–Trinajstić information content (AvgIpc) is 3.05. The van der Waals surface area contributed by atoms with Crippen LogP contribution in [0.25, 0.3) is 17.2 Å². The lowest BCUT2D eigenvalue weighted by molar-refractivity contribution is 0.0691. The Morgan fingerprint density at radius 2 is 1.96 bits per heavy atom. The molecule has 0 bridgehead atoms. The van der Waals surface area contributed by atoms with E-state index < -0.39 is 5.97 Å². The van der Waals surface area contributed by atoms with E-state index in [0.29, 0.717) is 23.6 Å². The number of benzene rings is 1. The van der Waals surface area contributed by atoms with Gasteiger partial charge in [-0.25, -0.2) is 24.1 Å². The summed E-state index contributed by atoms with van der Waals surface area (Å²) in [5, 5.41) is 9.04. The maximum absolute atomic E-state index is 13.1. The third-order valence-corrected chi connectivity index (χ3v) is 3.69. The van der Waals surface area contributed by atoms with Crippen molar-refractivity contribution in [1.29, 1.82) is 0 Å². The number of carboxylic acid groups (broad SMARTS) is 1. The van der Waals surface area contributed by atoms with Crippen LogP contribution in [-0.4, -0.2) is 30.6 Å². The molecule has 0 saturated carbocycles. The number of aromatic carboxylic acids is 1. The number of hydrogen-bond acceptors (Lipinski definition) is 4. The summed E-state index contributed by atoms with van der Waals surface area (Å²) < 4.78 is 14.7. The van der Waals surface area contributed by atoms with Gasteiger partial charge in [0.15, 0.2) is 11.5 Å². The Morgan fingerprint density at radius 1 is 1.25 bits per heavy atom. The zero-order chi connectivity index (χ0) is 17.3. The average molecular weight is 326 g/mol. The molecule has 7 heteroatoms. The molecule has 0 aliphatic heterocycles. The molecule has 3 rings (SSSR count). The van der Waals surface area contributed by atoms with Crippen LogP contribution in [0.5, 0.6) is 0 Å². The first-order valence-electron chi connectivity index (χ1n) is 7.40. The number of aromatic nitrogens is 4. The van der Waals surface area contributed by atoms with Gasteiger partial charge >= 0.3 is 5.97 Å². The summed E-state index contributed by atoms with van der Waals surface area (Å²) in [5.41, 5.74) is 2.31. The number of carboxylic acids is 1. The van der Waals surface area contributed by atoms with Crippen LogP contribution in [0.3, 0.4) is 0 Å². The second kappa shape index (κ2) is 6.19. The van der Waals surface area contributed by atoms with E-state index in [-0.39, 0.29) is 11.5 Å². The van der Waals surface area contributed by atoms with Gasteiger partial charge < -0.3 is 5.11 Å². The Balaban J connectivity index is 2.16. The zero-order valence-corrected chi connectivity index (χ0v) is 13.2. The number of carbonyl (C=O) groups is 1. The number of aryl methyl sites for hydroxylation is 1. The minimum absolute atomic E-state index is 0.0587. The fourth-order valence-electron chi connectivity index (χ4n) is 2.49. The van der Waals surface area contributed by atoms with Crippen LogP contribution in [0.1, 0.15) is 28.7 Å². The fraction of sp³-hybridized carbons (Fsp3) is 0.176. The SMILES string of the molecule is CCc1c(C)nc(-c2ccc(F)cc2)nc1-n1cnc(C(=O)O)c1. The highest BCUT2D eigenvalue weighted by Gasteiger charge is 2.15. The van der Waals surface area contributed by atoms with Gasteiger partial charge in [0.25, 0.3) is 0 Å². The van der Waals surface area contributed by atoms with Crippen molar-refractivity contribution in [2.24, 2.45) is 0 Å². The second-order valence-electron chi connectivity index (χ2n) is 5.27. The van der Waals surface area contributed by atoms with Crippen molar-refractivity contribution in [2.45, 2.75) is 20.3 Å². The number of halogens is 1. The van der Waals surface area contributed by atoms with E-state index >= 15 is 0 Å². The summed E-state index contributed by atoms with van der Waals surface area (Å²) in [7, 11) is 0. The quantitative estimate of drug-likeness (QED) is 0.797. The lowest BCUT2D eigenvalue weighted by Gasteiger charge is -2.12. The van der Waals surface area contributed by atoms with Crippen molar-refractivity contribution in [3.05, 3.63) is 59.6 Å². The van der Waals surface area contributed by atoms with Crippen molar-refractivity contribution >= 4 is 5.97 Å². The summed E-state index contributed by atoms with van der Waals surface area (Å²) in [5.74, 6) is -0.410. The minimum Gasteiger partial charge on any atom is -0.476 e. The summed E-state index contributed by atoms with van der Waals surface area (Å²) in [6, 6.07) is 5.91. The predicted octanol–water partition coefficient (Wildman–Crippen LogP) is 3.04. The predicted molar refractivity (Wildman–Crippen MR) is 85.6 cm³/mol.